The lowest BCUT2D eigenvalue weighted by molar-refractivity contribution is 0.272. The molecule has 4 aromatic rings. The van der Waals surface area contributed by atoms with E-state index in [0.717, 1.165) is 37.2 Å². The zero-order valence-corrected chi connectivity index (χ0v) is 14.8. The van der Waals surface area contributed by atoms with E-state index in [9.17, 15) is 5.11 Å². The van der Waals surface area contributed by atoms with Gasteiger partial charge in [-0.05, 0) is 48.5 Å². The summed E-state index contributed by atoms with van der Waals surface area (Å²) in [5.74, 6) is 0.756. The van der Waals surface area contributed by atoms with Crippen molar-refractivity contribution < 1.29 is 5.11 Å². The first-order valence-electron chi connectivity index (χ1n) is 7.73. The largest absolute Gasteiger partial charge is 0.390 e. The summed E-state index contributed by atoms with van der Waals surface area (Å²) in [7, 11) is 0. The molecule has 2 heterocycles. The number of halogens is 1. The second-order valence-electron chi connectivity index (χ2n) is 5.59. The van der Waals surface area contributed by atoms with Crippen LogP contribution in [0.5, 0.6) is 0 Å². The summed E-state index contributed by atoms with van der Waals surface area (Å²) < 4.78 is 2.05. The van der Waals surface area contributed by atoms with Crippen LogP contribution in [0, 0.1) is 0 Å². The van der Waals surface area contributed by atoms with Crippen molar-refractivity contribution in [2.24, 2.45) is 0 Å². The molecule has 0 saturated heterocycles. The molecule has 4 rings (SSSR count). The first kappa shape index (κ1) is 16.2. The molecule has 7 heteroatoms. The summed E-state index contributed by atoms with van der Waals surface area (Å²) in [5, 5.41) is 18.3. The van der Waals surface area contributed by atoms with E-state index in [0.29, 0.717) is 6.54 Å². The van der Waals surface area contributed by atoms with Gasteiger partial charge < -0.3 is 9.67 Å². The van der Waals surface area contributed by atoms with Crippen molar-refractivity contribution in [3.63, 3.8) is 0 Å². The second kappa shape index (κ2) is 6.92. The Morgan fingerprint density at radius 3 is 2.60 bits per heavy atom. The molecular formula is C18H15ClN4OS. The Morgan fingerprint density at radius 1 is 1.08 bits per heavy atom. The molecule has 2 aromatic heterocycles. The molecule has 0 atom stereocenters. The van der Waals surface area contributed by atoms with Gasteiger partial charge in [0, 0.05) is 31.4 Å². The fourth-order valence-electron chi connectivity index (χ4n) is 2.78. The topological polar surface area (TPSA) is 66.7 Å². The van der Waals surface area contributed by atoms with Gasteiger partial charge >= 0.3 is 0 Å². The van der Waals surface area contributed by atoms with Crippen LogP contribution in [0.2, 0.25) is 5.02 Å². The van der Waals surface area contributed by atoms with Crippen LogP contribution in [0.1, 0.15) is 11.5 Å². The highest BCUT2D eigenvalue weighted by Crippen LogP contribution is 2.32. The lowest BCUT2D eigenvalue weighted by Gasteiger charge is -2.08. The monoisotopic (exact) mass is 370 g/mol. The van der Waals surface area contributed by atoms with Gasteiger partial charge in [-0.25, -0.2) is 4.98 Å². The number of rotatable bonds is 5. The predicted molar refractivity (Wildman–Crippen MR) is 98.9 cm³/mol. The quantitative estimate of drug-likeness (QED) is 0.555. The number of aliphatic hydroxyl groups is 1. The van der Waals surface area contributed by atoms with E-state index in [4.69, 9.17) is 11.6 Å². The van der Waals surface area contributed by atoms with Crippen molar-refractivity contribution in [1.82, 2.24) is 19.7 Å². The van der Waals surface area contributed by atoms with E-state index in [-0.39, 0.29) is 6.61 Å². The standard InChI is InChI=1S/C18H15ClN4OS/c19-13-1-3-15(4-2-13)25-16-5-6-17-12(8-16)7-14(10-24)23(17)9-18-20-11-21-22-18/h1-8,11,24H,9-10H2,(H,20,21,22). The summed E-state index contributed by atoms with van der Waals surface area (Å²) >= 11 is 7.62. The lowest BCUT2D eigenvalue weighted by atomic mass is 10.2. The van der Waals surface area contributed by atoms with Gasteiger partial charge in [0.1, 0.15) is 12.2 Å². The maximum Gasteiger partial charge on any atom is 0.144 e. The first-order chi connectivity index (χ1) is 12.2. The van der Waals surface area contributed by atoms with Crippen LogP contribution in [-0.2, 0) is 13.2 Å². The van der Waals surface area contributed by atoms with Gasteiger partial charge in [0.05, 0.1) is 13.2 Å². The van der Waals surface area contributed by atoms with Crippen LogP contribution in [0.25, 0.3) is 10.9 Å². The Kier molecular flexibility index (Phi) is 4.48. The Balaban J connectivity index is 1.67. The molecule has 5 nitrogen and oxygen atoms in total. The number of nitrogens with one attached hydrogen (secondary N) is 1. The van der Waals surface area contributed by atoms with Gasteiger partial charge in [0.2, 0.25) is 0 Å². The number of H-pyrrole nitrogens is 1. The average Bonchev–Trinajstić information content (AvgIpc) is 3.25. The van der Waals surface area contributed by atoms with Crippen LogP contribution in [0.4, 0.5) is 0 Å². The number of aromatic amines is 1. The Morgan fingerprint density at radius 2 is 1.88 bits per heavy atom. The minimum Gasteiger partial charge on any atom is -0.390 e. The molecule has 0 spiro atoms. The number of aliphatic hydroxyl groups excluding tert-OH is 1. The molecule has 0 aliphatic rings. The Hall–Kier alpha value is -2.28. The summed E-state index contributed by atoms with van der Waals surface area (Å²) in [6.07, 6.45) is 1.49. The smallest absolute Gasteiger partial charge is 0.144 e. The average molecular weight is 371 g/mol. The third kappa shape index (κ3) is 3.42. The number of benzene rings is 2. The Bertz CT molecular complexity index is 996. The van der Waals surface area contributed by atoms with Gasteiger partial charge in [-0.3, -0.25) is 5.10 Å². The summed E-state index contributed by atoms with van der Waals surface area (Å²) in [6.45, 7) is 0.519. The van der Waals surface area contributed by atoms with E-state index < -0.39 is 0 Å². The van der Waals surface area contributed by atoms with Gasteiger partial charge in [-0.15, -0.1) is 0 Å². The maximum atomic E-state index is 9.69. The van der Waals surface area contributed by atoms with E-state index >= 15 is 0 Å². The van der Waals surface area contributed by atoms with Gasteiger partial charge in [0.15, 0.2) is 0 Å². The van der Waals surface area contributed by atoms with Crippen molar-refractivity contribution in [3.8, 4) is 0 Å². The minimum absolute atomic E-state index is 0.0253. The zero-order chi connectivity index (χ0) is 17.2. The van der Waals surface area contributed by atoms with Gasteiger partial charge in [-0.1, -0.05) is 23.4 Å². The predicted octanol–water partition coefficient (Wildman–Crippen LogP) is 4.10. The van der Waals surface area contributed by atoms with Crippen LogP contribution < -0.4 is 0 Å². The molecule has 25 heavy (non-hydrogen) atoms. The lowest BCUT2D eigenvalue weighted by Crippen LogP contribution is -2.05. The molecule has 0 unspecified atom stereocenters. The molecule has 2 aromatic carbocycles. The zero-order valence-electron chi connectivity index (χ0n) is 13.2. The summed E-state index contributed by atoms with van der Waals surface area (Å²) in [4.78, 5) is 6.44. The molecule has 0 fully saturated rings. The molecule has 0 aliphatic heterocycles. The van der Waals surface area contributed by atoms with Gasteiger partial charge in [0.25, 0.3) is 0 Å². The third-order valence-electron chi connectivity index (χ3n) is 3.94. The van der Waals surface area contributed by atoms with E-state index in [1.165, 1.54) is 6.33 Å². The van der Waals surface area contributed by atoms with Crippen molar-refractivity contribution in [3.05, 3.63) is 71.4 Å². The Labute approximate surface area is 153 Å². The molecule has 0 radical (unpaired) electrons. The van der Waals surface area contributed by atoms with Crippen LogP contribution in [0.3, 0.4) is 0 Å². The highest BCUT2D eigenvalue weighted by molar-refractivity contribution is 7.99. The van der Waals surface area contributed by atoms with Crippen molar-refractivity contribution in [2.75, 3.05) is 0 Å². The third-order valence-corrected chi connectivity index (χ3v) is 5.19. The molecular weight excluding hydrogens is 356 g/mol. The highest BCUT2D eigenvalue weighted by Gasteiger charge is 2.11. The highest BCUT2D eigenvalue weighted by atomic mass is 35.5. The van der Waals surface area contributed by atoms with E-state index in [2.05, 4.69) is 33.4 Å². The minimum atomic E-state index is -0.0253. The normalized spacial score (nSPS) is 11.3. The van der Waals surface area contributed by atoms with Crippen LogP contribution in [-0.4, -0.2) is 24.9 Å². The van der Waals surface area contributed by atoms with Crippen molar-refractivity contribution in [2.45, 2.75) is 22.9 Å². The van der Waals surface area contributed by atoms with E-state index in [1.54, 1.807) is 11.8 Å². The number of nitrogens with zero attached hydrogens (tertiary/aromatic N) is 3. The van der Waals surface area contributed by atoms with Gasteiger partial charge in [-0.2, -0.15) is 5.10 Å². The molecule has 126 valence electrons. The number of hydrogen-bond acceptors (Lipinski definition) is 4. The molecule has 2 N–H and O–H groups in total. The molecule has 0 amide bonds. The summed E-state index contributed by atoms with van der Waals surface area (Å²) in [6, 6.07) is 16.1. The van der Waals surface area contributed by atoms with Crippen LogP contribution >= 0.6 is 23.4 Å². The molecule has 0 bridgehead atoms. The number of aromatic nitrogens is 4. The second-order valence-corrected chi connectivity index (χ2v) is 7.17. The molecule has 0 saturated carbocycles. The van der Waals surface area contributed by atoms with E-state index in [1.807, 2.05) is 34.9 Å². The maximum absolute atomic E-state index is 9.69. The van der Waals surface area contributed by atoms with Crippen molar-refractivity contribution in [1.29, 1.82) is 0 Å². The number of hydrogen-bond donors (Lipinski definition) is 2. The molecule has 0 aliphatic carbocycles. The SMILES string of the molecule is OCc1cc2cc(Sc3ccc(Cl)cc3)ccc2n1Cc1ncn[nH]1. The van der Waals surface area contributed by atoms with Crippen LogP contribution in [0.15, 0.2) is 64.6 Å². The van der Waals surface area contributed by atoms with Crippen molar-refractivity contribution >= 4 is 34.3 Å². The fraction of sp³-hybridized carbons (Fsp3) is 0.111. The first-order valence-corrected chi connectivity index (χ1v) is 8.93. The number of fused-ring (bicyclic) bond motifs is 1. The summed E-state index contributed by atoms with van der Waals surface area (Å²) in [5.41, 5.74) is 1.90. The fourth-order valence-corrected chi connectivity index (χ4v) is 3.78.